The summed E-state index contributed by atoms with van der Waals surface area (Å²) >= 11 is 0. The summed E-state index contributed by atoms with van der Waals surface area (Å²) in [5, 5.41) is 5.75. The number of amides is 3. The first kappa shape index (κ1) is 19.5. The summed E-state index contributed by atoms with van der Waals surface area (Å²) in [4.78, 5) is 27.0. The highest BCUT2D eigenvalue weighted by Gasteiger charge is 2.34. The smallest absolute Gasteiger partial charge is 0.322 e. The molecule has 0 aromatic heterocycles. The second-order valence-electron chi connectivity index (χ2n) is 6.71. The van der Waals surface area contributed by atoms with Crippen LogP contribution in [-0.4, -0.2) is 43.6 Å². The van der Waals surface area contributed by atoms with Crippen LogP contribution >= 0.6 is 0 Å². The highest BCUT2D eigenvalue weighted by Crippen LogP contribution is 2.30. The first-order chi connectivity index (χ1) is 13.5. The predicted molar refractivity (Wildman–Crippen MR) is 108 cm³/mol. The Morgan fingerprint density at radius 3 is 2.46 bits per heavy atom. The first-order valence-electron chi connectivity index (χ1n) is 9.19. The molecule has 7 nitrogen and oxygen atoms in total. The molecule has 0 radical (unpaired) electrons. The lowest BCUT2D eigenvalue weighted by Crippen LogP contribution is -2.45. The summed E-state index contributed by atoms with van der Waals surface area (Å²) in [7, 11) is 3.09. The fourth-order valence-electron chi connectivity index (χ4n) is 3.34. The van der Waals surface area contributed by atoms with E-state index in [1.165, 1.54) is 7.11 Å². The second-order valence-corrected chi connectivity index (χ2v) is 6.71. The fraction of sp³-hybridized carbons (Fsp3) is 0.333. The van der Waals surface area contributed by atoms with Crippen LogP contribution in [0.15, 0.2) is 42.5 Å². The lowest BCUT2D eigenvalue weighted by atomic mass is 10.2. The van der Waals surface area contributed by atoms with Crippen LogP contribution in [0.1, 0.15) is 18.4 Å². The van der Waals surface area contributed by atoms with E-state index in [1.807, 2.05) is 31.2 Å². The van der Waals surface area contributed by atoms with Crippen molar-refractivity contribution >= 4 is 23.3 Å². The maximum Gasteiger partial charge on any atom is 0.322 e. The van der Waals surface area contributed by atoms with Crippen molar-refractivity contribution in [2.75, 3.05) is 31.4 Å². The van der Waals surface area contributed by atoms with E-state index in [-0.39, 0.29) is 11.9 Å². The van der Waals surface area contributed by atoms with Gasteiger partial charge in [0.2, 0.25) is 5.91 Å². The zero-order valence-electron chi connectivity index (χ0n) is 16.3. The van der Waals surface area contributed by atoms with Crippen molar-refractivity contribution in [2.24, 2.45) is 0 Å². The van der Waals surface area contributed by atoms with Crippen molar-refractivity contribution in [3.05, 3.63) is 48.0 Å². The molecule has 0 unspecified atom stereocenters. The van der Waals surface area contributed by atoms with E-state index in [0.717, 1.165) is 17.7 Å². The van der Waals surface area contributed by atoms with Crippen LogP contribution in [0, 0.1) is 6.92 Å². The zero-order chi connectivity index (χ0) is 20.1. The molecule has 1 atom stereocenters. The Labute approximate surface area is 164 Å². The average Bonchev–Trinajstić information content (AvgIpc) is 3.18. The predicted octanol–water partition coefficient (Wildman–Crippen LogP) is 3.65. The fourth-order valence-corrected chi connectivity index (χ4v) is 3.34. The van der Waals surface area contributed by atoms with Crippen LogP contribution in [0.3, 0.4) is 0 Å². The molecule has 3 rings (SSSR count). The summed E-state index contributed by atoms with van der Waals surface area (Å²) in [6.07, 6.45) is 1.41. The molecule has 0 spiro atoms. The monoisotopic (exact) mass is 383 g/mol. The third kappa shape index (κ3) is 4.36. The minimum atomic E-state index is -0.516. The minimum absolute atomic E-state index is 0.218. The standard InChI is InChI=1S/C21H25N3O4/c1-14-6-4-7-15(12-14)23-21(26)24-11-5-8-17(24)20(25)22-16-9-10-18(27-2)19(13-16)28-3/h4,6-7,9-10,12-13,17H,5,8,11H2,1-3H3,(H,22,25)(H,23,26)/t17-/m0/s1. The number of methoxy groups -OCH3 is 2. The van der Waals surface area contributed by atoms with Crippen LogP contribution in [0.4, 0.5) is 16.2 Å². The molecule has 28 heavy (non-hydrogen) atoms. The van der Waals surface area contributed by atoms with Crippen LogP contribution in [0.5, 0.6) is 11.5 Å². The van der Waals surface area contributed by atoms with Gasteiger partial charge in [0.1, 0.15) is 6.04 Å². The molecule has 2 aromatic rings. The Hall–Kier alpha value is -3.22. The van der Waals surface area contributed by atoms with Gasteiger partial charge in [0.25, 0.3) is 0 Å². The molecular weight excluding hydrogens is 358 g/mol. The molecule has 2 N–H and O–H groups in total. The molecule has 1 saturated heterocycles. The van der Waals surface area contributed by atoms with Gasteiger partial charge in [0.05, 0.1) is 14.2 Å². The van der Waals surface area contributed by atoms with Gasteiger partial charge >= 0.3 is 6.03 Å². The Morgan fingerprint density at radius 2 is 1.75 bits per heavy atom. The van der Waals surface area contributed by atoms with Crippen molar-refractivity contribution in [3.63, 3.8) is 0 Å². The van der Waals surface area contributed by atoms with Gasteiger partial charge < -0.3 is 25.0 Å². The molecule has 1 aliphatic rings. The number of nitrogens with one attached hydrogen (secondary N) is 2. The second kappa shape index (κ2) is 8.65. The van der Waals surface area contributed by atoms with Crippen LogP contribution in [-0.2, 0) is 4.79 Å². The Bertz CT molecular complexity index is 868. The number of ether oxygens (including phenoxy) is 2. The summed E-state index contributed by atoms with van der Waals surface area (Å²) in [5.41, 5.74) is 2.37. The van der Waals surface area contributed by atoms with Crippen molar-refractivity contribution in [3.8, 4) is 11.5 Å². The van der Waals surface area contributed by atoms with E-state index in [0.29, 0.717) is 30.2 Å². The van der Waals surface area contributed by atoms with E-state index in [9.17, 15) is 9.59 Å². The molecule has 2 aromatic carbocycles. The largest absolute Gasteiger partial charge is 0.493 e. The molecule has 1 fully saturated rings. The first-order valence-corrected chi connectivity index (χ1v) is 9.19. The average molecular weight is 383 g/mol. The van der Waals surface area contributed by atoms with Gasteiger partial charge in [-0.2, -0.15) is 0 Å². The van der Waals surface area contributed by atoms with Gasteiger partial charge in [-0.05, 0) is 49.6 Å². The lowest BCUT2D eigenvalue weighted by molar-refractivity contribution is -0.119. The van der Waals surface area contributed by atoms with Crippen molar-refractivity contribution in [2.45, 2.75) is 25.8 Å². The third-order valence-corrected chi connectivity index (χ3v) is 4.74. The molecule has 7 heteroatoms. The molecular formula is C21H25N3O4. The summed E-state index contributed by atoms with van der Waals surface area (Å²) in [6.45, 7) is 2.51. The topological polar surface area (TPSA) is 79.9 Å². The van der Waals surface area contributed by atoms with Gasteiger partial charge in [-0.25, -0.2) is 4.79 Å². The third-order valence-electron chi connectivity index (χ3n) is 4.74. The number of urea groups is 1. The number of aryl methyl sites for hydroxylation is 1. The quantitative estimate of drug-likeness (QED) is 0.826. The van der Waals surface area contributed by atoms with Gasteiger partial charge in [0, 0.05) is 24.0 Å². The van der Waals surface area contributed by atoms with Crippen LogP contribution in [0.25, 0.3) is 0 Å². The lowest BCUT2D eigenvalue weighted by Gasteiger charge is -2.24. The van der Waals surface area contributed by atoms with Gasteiger partial charge in [0.15, 0.2) is 11.5 Å². The number of carbonyl (C=O) groups is 2. The summed E-state index contributed by atoms with van der Waals surface area (Å²) in [5.74, 6) is 0.894. The molecule has 148 valence electrons. The van der Waals surface area contributed by atoms with E-state index in [2.05, 4.69) is 10.6 Å². The molecule has 1 heterocycles. The van der Waals surface area contributed by atoms with Gasteiger partial charge in [-0.15, -0.1) is 0 Å². The number of rotatable bonds is 5. The van der Waals surface area contributed by atoms with Gasteiger partial charge in [-0.1, -0.05) is 12.1 Å². The summed E-state index contributed by atoms with van der Waals surface area (Å²) in [6, 6.07) is 12.0. The molecule has 3 amide bonds. The normalized spacial score (nSPS) is 15.8. The SMILES string of the molecule is COc1ccc(NC(=O)[C@@H]2CCCN2C(=O)Nc2cccc(C)c2)cc1OC. The van der Waals surface area contributed by atoms with E-state index >= 15 is 0 Å². The Morgan fingerprint density at radius 1 is 1.00 bits per heavy atom. The molecule has 0 aliphatic carbocycles. The number of hydrogen-bond donors (Lipinski definition) is 2. The van der Waals surface area contributed by atoms with Crippen LogP contribution in [0.2, 0.25) is 0 Å². The number of carbonyl (C=O) groups excluding carboxylic acids is 2. The van der Waals surface area contributed by atoms with Gasteiger partial charge in [-0.3, -0.25) is 4.79 Å². The van der Waals surface area contributed by atoms with E-state index in [4.69, 9.17) is 9.47 Å². The Kier molecular flexibility index (Phi) is 6.03. The summed E-state index contributed by atoms with van der Waals surface area (Å²) < 4.78 is 10.5. The van der Waals surface area contributed by atoms with Crippen molar-refractivity contribution in [1.82, 2.24) is 4.90 Å². The number of hydrogen-bond acceptors (Lipinski definition) is 4. The number of anilines is 2. The highest BCUT2D eigenvalue weighted by atomic mass is 16.5. The minimum Gasteiger partial charge on any atom is -0.493 e. The number of nitrogens with zero attached hydrogens (tertiary/aromatic N) is 1. The number of likely N-dealkylation sites (tertiary alicyclic amines) is 1. The molecule has 1 aliphatic heterocycles. The van der Waals surface area contributed by atoms with Crippen molar-refractivity contribution < 1.29 is 19.1 Å². The van der Waals surface area contributed by atoms with E-state index < -0.39 is 6.04 Å². The van der Waals surface area contributed by atoms with Crippen molar-refractivity contribution in [1.29, 1.82) is 0 Å². The maximum absolute atomic E-state index is 12.8. The Balaban J connectivity index is 1.68. The maximum atomic E-state index is 12.8. The number of benzene rings is 2. The van der Waals surface area contributed by atoms with Crippen LogP contribution < -0.4 is 20.1 Å². The highest BCUT2D eigenvalue weighted by molar-refractivity contribution is 5.99. The van der Waals surface area contributed by atoms with E-state index in [1.54, 1.807) is 30.2 Å². The molecule has 0 bridgehead atoms. The zero-order valence-corrected chi connectivity index (χ0v) is 16.3. The molecule has 0 saturated carbocycles.